The molecule has 1 saturated heterocycles. The van der Waals surface area contributed by atoms with E-state index in [0.29, 0.717) is 29.2 Å². The van der Waals surface area contributed by atoms with Crippen molar-refractivity contribution in [1.82, 2.24) is 4.90 Å². The summed E-state index contributed by atoms with van der Waals surface area (Å²) in [6.07, 6.45) is 2.78. The van der Waals surface area contributed by atoms with Gasteiger partial charge in [0.2, 0.25) is 0 Å². The molecule has 1 fully saturated rings. The highest BCUT2D eigenvalue weighted by molar-refractivity contribution is 6.30. The molecule has 1 amide bonds. The van der Waals surface area contributed by atoms with Crippen LogP contribution in [0, 0.1) is 11.3 Å². The minimum atomic E-state index is 0.0207. The standard InChI is InChI=1S/C22H20ClN3O2/c23-19-4-7-21-17(13-19)12-18(15-28-21)22(27)26-9-1-8-25(10-11-26)20-5-2-16(14-24)3-6-20/h2-7,12-13H,1,8-11,15H2. The highest BCUT2D eigenvalue weighted by Gasteiger charge is 2.24. The summed E-state index contributed by atoms with van der Waals surface area (Å²) in [7, 11) is 0. The van der Waals surface area contributed by atoms with E-state index in [1.165, 1.54) is 0 Å². The molecule has 0 aromatic heterocycles. The number of hydrogen-bond acceptors (Lipinski definition) is 4. The number of rotatable bonds is 2. The fourth-order valence-corrected chi connectivity index (χ4v) is 3.78. The second kappa shape index (κ2) is 7.95. The highest BCUT2D eigenvalue weighted by atomic mass is 35.5. The van der Waals surface area contributed by atoms with Gasteiger partial charge in [-0.25, -0.2) is 0 Å². The normalized spacial score (nSPS) is 16.4. The van der Waals surface area contributed by atoms with Crippen molar-refractivity contribution < 1.29 is 9.53 Å². The maximum absolute atomic E-state index is 13.0. The van der Waals surface area contributed by atoms with Gasteiger partial charge in [-0.15, -0.1) is 0 Å². The number of anilines is 1. The van der Waals surface area contributed by atoms with E-state index < -0.39 is 0 Å². The van der Waals surface area contributed by atoms with Crippen molar-refractivity contribution >= 4 is 29.3 Å². The van der Waals surface area contributed by atoms with E-state index in [1.54, 1.807) is 6.07 Å². The number of carbonyl (C=O) groups excluding carboxylic acids is 1. The Morgan fingerprint density at radius 2 is 1.89 bits per heavy atom. The van der Waals surface area contributed by atoms with Crippen molar-refractivity contribution in [3.63, 3.8) is 0 Å². The summed E-state index contributed by atoms with van der Waals surface area (Å²) >= 11 is 6.06. The Morgan fingerprint density at radius 1 is 1.07 bits per heavy atom. The third-order valence-corrected chi connectivity index (χ3v) is 5.34. The molecule has 0 radical (unpaired) electrons. The first-order valence-corrected chi connectivity index (χ1v) is 9.69. The molecule has 2 aromatic rings. The van der Waals surface area contributed by atoms with Crippen molar-refractivity contribution in [2.75, 3.05) is 37.7 Å². The number of ether oxygens (including phenoxy) is 1. The molecule has 142 valence electrons. The molecule has 6 heteroatoms. The van der Waals surface area contributed by atoms with Crippen molar-refractivity contribution in [2.45, 2.75) is 6.42 Å². The van der Waals surface area contributed by atoms with Crippen LogP contribution in [-0.4, -0.2) is 43.6 Å². The van der Waals surface area contributed by atoms with Crippen LogP contribution < -0.4 is 9.64 Å². The third-order valence-electron chi connectivity index (χ3n) is 5.10. The number of benzene rings is 2. The summed E-state index contributed by atoms with van der Waals surface area (Å²) in [4.78, 5) is 17.2. The number of nitrogens with zero attached hydrogens (tertiary/aromatic N) is 3. The van der Waals surface area contributed by atoms with Crippen LogP contribution >= 0.6 is 11.6 Å². The molecule has 0 saturated carbocycles. The minimum Gasteiger partial charge on any atom is -0.488 e. The van der Waals surface area contributed by atoms with Gasteiger partial charge in [0.1, 0.15) is 12.4 Å². The third kappa shape index (κ3) is 3.83. The van der Waals surface area contributed by atoms with E-state index in [2.05, 4.69) is 11.0 Å². The molecule has 2 aliphatic rings. The van der Waals surface area contributed by atoms with Gasteiger partial charge in [-0.05, 0) is 55.0 Å². The summed E-state index contributed by atoms with van der Waals surface area (Å²) in [5.74, 6) is 0.774. The molecule has 0 bridgehead atoms. The Bertz CT molecular complexity index is 963. The van der Waals surface area contributed by atoms with Crippen LogP contribution in [0.5, 0.6) is 5.75 Å². The Kier molecular flexibility index (Phi) is 5.23. The summed E-state index contributed by atoms with van der Waals surface area (Å²) in [6.45, 7) is 3.28. The highest BCUT2D eigenvalue weighted by Crippen LogP contribution is 2.29. The molecule has 28 heavy (non-hydrogen) atoms. The zero-order valence-electron chi connectivity index (χ0n) is 15.4. The van der Waals surface area contributed by atoms with Crippen LogP contribution in [-0.2, 0) is 4.79 Å². The second-order valence-corrected chi connectivity index (χ2v) is 7.37. The molecule has 2 aliphatic heterocycles. The Hall–Kier alpha value is -2.97. The maximum atomic E-state index is 13.0. The topological polar surface area (TPSA) is 56.6 Å². The molecular weight excluding hydrogens is 374 g/mol. The maximum Gasteiger partial charge on any atom is 0.253 e. The molecule has 4 rings (SSSR count). The first kappa shape index (κ1) is 18.4. The van der Waals surface area contributed by atoms with Crippen molar-refractivity contribution in [2.24, 2.45) is 0 Å². The number of nitriles is 1. The summed E-state index contributed by atoms with van der Waals surface area (Å²) < 4.78 is 5.74. The van der Waals surface area contributed by atoms with Crippen LogP contribution in [0.25, 0.3) is 6.08 Å². The van der Waals surface area contributed by atoms with Gasteiger partial charge in [-0.2, -0.15) is 5.26 Å². The predicted octanol–water partition coefficient (Wildman–Crippen LogP) is 3.73. The van der Waals surface area contributed by atoms with Gasteiger partial charge in [0.25, 0.3) is 5.91 Å². The van der Waals surface area contributed by atoms with Crippen LogP contribution in [0.1, 0.15) is 17.5 Å². The van der Waals surface area contributed by atoms with Crippen LogP contribution in [0.15, 0.2) is 48.0 Å². The molecule has 0 atom stereocenters. The Morgan fingerprint density at radius 3 is 2.68 bits per heavy atom. The fraction of sp³-hybridized carbons (Fsp3) is 0.273. The van der Waals surface area contributed by atoms with E-state index in [1.807, 2.05) is 47.4 Å². The lowest BCUT2D eigenvalue weighted by atomic mass is 10.1. The molecule has 2 heterocycles. The lowest BCUT2D eigenvalue weighted by Crippen LogP contribution is -2.37. The van der Waals surface area contributed by atoms with Gasteiger partial charge >= 0.3 is 0 Å². The largest absolute Gasteiger partial charge is 0.488 e. The molecule has 0 aliphatic carbocycles. The zero-order chi connectivity index (χ0) is 19.5. The summed E-state index contributed by atoms with van der Waals surface area (Å²) in [5, 5.41) is 9.57. The van der Waals surface area contributed by atoms with Gasteiger partial charge in [0.05, 0.1) is 17.2 Å². The van der Waals surface area contributed by atoms with E-state index in [9.17, 15) is 4.79 Å². The van der Waals surface area contributed by atoms with Crippen molar-refractivity contribution in [3.8, 4) is 11.8 Å². The van der Waals surface area contributed by atoms with E-state index in [4.69, 9.17) is 21.6 Å². The minimum absolute atomic E-state index is 0.0207. The number of fused-ring (bicyclic) bond motifs is 1. The monoisotopic (exact) mass is 393 g/mol. The first-order chi connectivity index (χ1) is 13.6. The lowest BCUT2D eigenvalue weighted by molar-refractivity contribution is -0.127. The zero-order valence-corrected chi connectivity index (χ0v) is 16.2. The van der Waals surface area contributed by atoms with Crippen molar-refractivity contribution in [1.29, 1.82) is 5.26 Å². The number of carbonyl (C=O) groups is 1. The second-order valence-electron chi connectivity index (χ2n) is 6.93. The van der Waals surface area contributed by atoms with Gasteiger partial charge < -0.3 is 14.5 Å². The number of hydrogen-bond donors (Lipinski definition) is 0. The van der Waals surface area contributed by atoms with E-state index >= 15 is 0 Å². The molecule has 0 spiro atoms. The van der Waals surface area contributed by atoms with Crippen LogP contribution in [0.2, 0.25) is 5.02 Å². The Balaban J connectivity index is 1.45. The molecule has 2 aromatic carbocycles. The van der Waals surface area contributed by atoms with Crippen LogP contribution in [0.4, 0.5) is 5.69 Å². The fourth-order valence-electron chi connectivity index (χ4n) is 3.60. The lowest BCUT2D eigenvalue weighted by Gasteiger charge is -2.25. The van der Waals surface area contributed by atoms with Crippen molar-refractivity contribution in [3.05, 3.63) is 64.2 Å². The van der Waals surface area contributed by atoms with Gasteiger partial charge in [0.15, 0.2) is 0 Å². The smallest absolute Gasteiger partial charge is 0.253 e. The molecule has 0 unspecified atom stereocenters. The van der Waals surface area contributed by atoms with Gasteiger partial charge in [0, 0.05) is 42.5 Å². The molecular formula is C22H20ClN3O2. The average molecular weight is 394 g/mol. The SMILES string of the molecule is N#Cc1ccc(N2CCCN(C(=O)C3=Cc4cc(Cl)ccc4OC3)CC2)cc1. The summed E-state index contributed by atoms with van der Waals surface area (Å²) in [5.41, 5.74) is 3.23. The van der Waals surface area contributed by atoms with Gasteiger partial charge in [-0.1, -0.05) is 11.6 Å². The summed E-state index contributed by atoms with van der Waals surface area (Å²) in [6, 6.07) is 15.2. The van der Waals surface area contributed by atoms with E-state index in [-0.39, 0.29) is 12.5 Å². The first-order valence-electron chi connectivity index (χ1n) is 9.31. The molecule has 5 nitrogen and oxygen atoms in total. The number of amides is 1. The predicted molar refractivity (Wildman–Crippen MR) is 109 cm³/mol. The van der Waals surface area contributed by atoms with Crippen LogP contribution in [0.3, 0.4) is 0 Å². The van der Waals surface area contributed by atoms with Gasteiger partial charge in [-0.3, -0.25) is 4.79 Å². The molecule has 0 N–H and O–H groups in total. The average Bonchev–Trinajstić information content (AvgIpc) is 2.99. The van der Waals surface area contributed by atoms with E-state index in [0.717, 1.165) is 36.5 Å². The quantitative estimate of drug-likeness (QED) is 0.780. The number of halogens is 1. The Labute approximate surface area is 169 Å².